The lowest BCUT2D eigenvalue weighted by Crippen LogP contribution is -1.98. The van der Waals surface area contributed by atoms with Crippen molar-refractivity contribution in [3.8, 4) is 11.3 Å². The Labute approximate surface area is 105 Å². The maximum Gasteiger partial charge on any atom is 0.106 e. The van der Waals surface area contributed by atoms with Gasteiger partial charge in [0.15, 0.2) is 0 Å². The third kappa shape index (κ3) is 1.52. The maximum atomic E-state index is 5.68. The second-order valence-electron chi connectivity index (χ2n) is 4.36. The number of rotatable bonds is 2. The van der Waals surface area contributed by atoms with Crippen molar-refractivity contribution in [1.82, 2.24) is 19.5 Å². The highest BCUT2D eigenvalue weighted by Gasteiger charge is 2.10. The van der Waals surface area contributed by atoms with E-state index in [-0.39, 0.29) is 0 Å². The molecule has 0 saturated heterocycles. The van der Waals surface area contributed by atoms with Crippen LogP contribution in [0.3, 0.4) is 0 Å². The van der Waals surface area contributed by atoms with Crippen molar-refractivity contribution in [2.45, 2.75) is 13.5 Å². The summed E-state index contributed by atoms with van der Waals surface area (Å²) < 4.78 is 2.08. The summed E-state index contributed by atoms with van der Waals surface area (Å²) in [4.78, 5) is 11.9. The van der Waals surface area contributed by atoms with Crippen LogP contribution in [0.1, 0.15) is 11.5 Å². The van der Waals surface area contributed by atoms with Crippen LogP contribution in [0.4, 0.5) is 0 Å². The van der Waals surface area contributed by atoms with Crippen LogP contribution in [-0.2, 0) is 13.6 Å². The standard InChI is InChI=1S/C13H15N5/c1-8-17-10-5-9(3-4-12(10)18(8)2)13-11(6-14)15-7-16-13/h3-5,7H,6,14H2,1-2H3,(H,15,16). The second kappa shape index (κ2) is 3.96. The molecule has 5 nitrogen and oxygen atoms in total. The van der Waals surface area contributed by atoms with Gasteiger partial charge in [-0.25, -0.2) is 9.97 Å². The Morgan fingerprint density at radius 3 is 3.00 bits per heavy atom. The molecule has 2 aromatic heterocycles. The average molecular weight is 241 g/mol. The van der Waals surface area contributed by atoms with Gasteiger partial charge in [-0.1, -0.05) is 6.07 Å². The SMILES string of the molecule is Cc1nc2cc(-c3nc[nH]c3CN)ccc2n1C. The summed E-state index contributed by atoms with van der Waals surface area (Å²) >= 11 is 0. The van der Waals surface area contributed by atoms with Crippen LogP contribution >= 0.6 is 0 Å². The van der Waals surface area contributed by atoms with E-state index in [9.17, 15) is 0 Å². The molecule has 2 heterocycles. The van der Waals surface area contributed by atoms with Gasteiger partial charge in [0, 0.05) is 19.2 Å². The number of nitrogens with zero attached hydrogens (tertiary/aromatic N) is 3. The fourth-order valence-corrected chi connectivity index (χ4v) is 2.19. The number of nitrogens with two attached hydrogens (primary N) is 1. The highest BCUT2D eigenvalue weighted by Crippen LogP contribution is 2.24. The maximum absolute atomic E-state index is 5.68. The van der Waals surface area contributed by atoms with Crippen LogP contribution in [0.2, 0.25) is 0 Å². The van der Waals surface area contributed by atoms with Crippen LogP contribution < -0.4 is 5.73 Å². The molecule has 0 fully saturated rings. The third-order valence-corrected chi connectivity index (χ3v) is 3.30. The van der Waals surface area contributed by atoms with Crippen molar-refractivity contribution in [1.29, 1.82) is 0 Å². The zero-order valence-corrected chi connectivity index (χ0v) is 10.4. The van der Waals surface area contributed by atoms with Crippen molar-refractivity contribution in [2.75, 3.05) is 0 Å². The Morgan fingerprint density at radius 1 is 1.39 bits per heavy atom. The van der Waals surface area contributed by atoms with Gasteiger partial charge in [-0.3, -0.25) is 0 Å². The minimum atomic E-state index is 0.453. The molecule has 3 N–H and O–H groups in total. The zero-order chi connectivity index (χ0) is 12.7. The number of aryl methyl sites for hydroxylation is 2. The van der Waals surface area contributed by atoms with E-state index in [4.69, 9.17) is 5.73 Å². The number of imidazole rings is 2. The number of aromatic nitrogens is 4. The van der Waals surface area contributed by atoms with Crippen molar-refractivity contribution in [3.05, 3.63) is 36.0 Å². The smallest absolute Gasteiger partial charge is 0.106 e. The minimum absolute atomic E-state index is 0.453. The molecule has 3 aromatic rings. The van der Waals surface area contributed by atoms with Gasteiger partial charge in [0.25, 0.3) is 0 Å². The highest BCUT2D eigenvalue weighted by atomic mass is 15.0. The Morgan fingerprint density at radius 2 is 2.22 bits per heavy atom. The molecule has 0 aliphatic rings. The van der Waals surface area contributed by atoms with Crippen molar-refractivity contribution in [3.63, 3.8) is 0 Å². The van der Waals surface area contributed by atoms with E-state index >= 15 is 0 Å². The molecule has 0 amide bonds. The molecule has 18 heavy (non-hydrogen) atoms. The first-order valence-corrected chi connectivity index (χ1v) is 5.86. The lowest BCUT2D eigenvalue weighted by atomic mass is 10.1. The summed E-state index contributed by atoms with van der Waals surface area (Å²) in [5.74, 6) is 1.00. The van der Waals surface area contributed by atoms with E-state index in [2.05, 4.69) is 37.7 Å². The Balaban J connectivity index is 2.19. The molecule has 0 bridgehead atoms. The van der Waals surface area contributed by atoms with E-state index < -0.39 is 0 Å². The predicted molar refractivity (Wildman–Crippen MR) is 70.9 cm³/mol. The van der Waals surface area contributed by atoms with E-state index in [0.29, 0.717) is 6.54 Å². The van der Waals surface area contributed by atoms with Gasteiger partial charge in [-0.05, 0) is 19.1 Å². The Hall–Kier alpha value is -2.14. The average Bonchev–Trinajstić information content (AvgIpc) is 2.95. The lowest BCUT2D eigenvalue weighted by molar-refractivity contribution is 0.886. The van der Waals surface area contributed by atoms with E-state index in [1.807, 2.05) is 14.0 Å². The molecule has 0 saturated carbocycles. The summed E-state index contributed by atoms with van der Waals surface area (Å²) in [7, 11) is 2.02. The number of aromatic amines is 1. The van der Waals surface area contributed by atoms with Gasteiger partial charge >= 0.3 is 0 Å². The largest absolute Gasteiger partial charge is 0.347 e. The number of benzene rings is 1. The molecule has 92 valence electrons. The second-order valence-corrected chi connectivity index (χ2v) is 4.36. The normalized spacial score (nSPS) is 11.3. The molecular formula is C13H15N5. The molecule has 0 aliphatic carbocycles. The molecule has 0 radical (unpaired) electrons. The minimum Gasteiger partial charge on any atom is -0.347 e. The summed E-state index contributed by atoms with van der Waals surface area (Å²) in [5.41, 5.74) is 10.7. The predicted octanol–water partition coefficient (Wildman–Crippen LogP) is 1.73. The molecule has 5 heteroatoms. The molecule has 0 unspecified atom stereocenters. The summed E-state index contributed by atoms with van der Waals surface area (Å²) in [6.45, 7) is 2.45. The van der Waals surface area contributed by atoms with Crippen LogP contribution in [-0.4, -0.2) is 19.5 Å². The van der Waals surface area contributed by atoms with Gasteiger partial charge in [-0.2, -0.15) is 0 Å². The van der Waals surface area contributed by atoms with Gasteiger partial charge in [-0.15, -0.1) is 0 Å². The van der Waals surface area contributed by atoms with E-state index in [1.165, 1.54) is 0 Å². The quantitative estimate of drug-likeness (QED) is 0.717. The third-order valence-electron chi connectivity index (χ3n) is 3.30. The molecular weight excluding hydrogens is 226 g/mol. The zero-order valence-electron chi connectivity index (χ0n) is 10.4. The van der Waals surface area contributed by atoms with Crippen LogP contribution in [0.25, 0.3) is 22.3 Å². The van der Waals surface area contributed by atoms with Crippen molar-refractivity contribution in [2.24, 2.45) is 12.8 Å². The fraction of sp³-hybridized carbons (Fsp3) is 0.231. The first-order chi connectivity index (χ1) is 8.70. The van der Waals surface area contributed by atoms with Gasteiger partial charge < -0.3 is 15.3 Å². The lowest BCUT2D eigenvalue weighted by Gasteiger charge is -2.01. The highest BCUT2D eigenvalue weighted by molar-refractivity contribution is 5.82. The van der Waals surface area contributed by atoms with Crippen molar-refractivity contribution < 1.29 is 0 Å². The number of nitrogens with one attached hydrogen (secondary N) is 1. The summed E-state index contributed by atoms with van der Waals surface area (Å²) in [6.07, 6.45) is 1.67. The monoisotopic (exact) mass is 241 g/mol. The van der Waals surface area contributed by atoms with Crippen LogP contribution in [0, 0.1) is 6.92 Å². The molecule has 0 spiro atoms. The summed E-state index contributed by atoms with van der Waals surface area (Å²) in [6, 6.07) is 6.18. The number of hydrogen-bond acceptors (Lipinski definition) is 3. The molecule has 0 aliphatic heterocycles. The topological polar surface area (TPSA) is 72.5 Å². The fourth-order valence-electron chi connectivity index (χ4n) is 2.19. The summed E-state index contributed by atoms with van der Waals surface area (Å²) in [5, 5.41) is 0. The van der Waals surface area contributed by atoms with Gasteiger partial charge in [0.05, 0.1) is 28.7 Å². The molecule has 1 aromatic carbocycles. The van der Waals surface area contributed by atoms with Gasteiger partial charge in [0.1, 0.15) is 5.82 Å². The van der Waals surface area contributed by atoms with E-state index in [1.54, 1.807) is 6.33 Å². The molecule has 0 atom stereocenters. The molecule has 3 rings (SSSR count). The number of H-pyrrole nitrogens is 1. The first kappa shape index (κ1) is 11.0. The van der Waals surface area contributed by atoms with Gasteiger partial charge in [0.2, 0.25) is 0 Å². The van der Waals surface area contributed by atoms with Crippen LogP contribution in [0.15, 0.2) is 24.5 Å². The Kier molecular flexibility index (Phi) is 2.41. The van der Waals surface area contributed by atoms with Crippen molar-refractivity contribution >= 4 is 11.0 Å². The Bertz CT molecular complexity index is 707. The van der Waals surface area contributed by atoms with Crippen LogP contribution in [0.5, 0.6) is 0 Å². The van der Waals surface area contributed by atoms with E-state index in [0.717, 1.165) is 33.8 Å². The first-order valence-electron chi connectivity index (χ1n) is 5.86. The number of fused-ring (bicyclic) bond motifs is 1. The number of hydrogen-bond donors (Lipinski definition) is 2.